The molecule has 2 bridgehead atoms. The Labute approximate surface area is 127 Å². The molecule has 0 aromatic heterocycles. The Morgan fingerprint density at radius 3 is 2.48 bits per heavy atom. The van der Waals surface area contributed by atoms with Gasteiger partial charge in [0.15, 0.2) is 0 Å². The molecule has 3 heteroatoms. The van der Waals surface area contributed by atoms with E-state index in [0.29, 0.717) is 17.8 Å². The minimum absolute atomic E-state index is 0.562. The monoisotopic (exact) mass is 287 g/mol. The van der Waals surface area contributed by atoms with Gasteiger partial charge in [-0.15, -0.1) is 0 Å². The molecule has 3 unspecified atom stereocenters. The summed E-state index contributed by atoms with van der Waals surface area (Å²) in [5.41, 5.74) is 4.31. The highest BCUT2D eigenvalue weighted by atomic mass is 16.5. The molecule has 2 aliphatic carbocycles. The number of piperidine rings is 1. The second kappa shape index (κ2) is 5.20. The number of fused-ring (bicyclic) bond motifs is 5. The maximum atomic E-state index is 5.91. The first-order chi connectivity index (χ1) is 10.3. The quantitative estimate of drug-likeness (QED) is 0.922. The van der Waals surface area contributed by atoms with Crippen molar-refractivity contribution in [3.63, 3.8) is 0 Å². The van der Waals surface area contributed by atoms with E-state index in [1.807, 2.05) is 14.2 Å². The summed E-state index contributed by atoms with van der Waals surface area (Å²) in [5.74, 6) is 4.25. The highest BCUT2D eigenvalue weighted by Gasteiger charge is 2.42. The van der Waals surface area contributed by atoms with E-state index in [1.165, 1.54) is 54.5 Å². The molecule has 3 aliphatic rings. The van der Waals surface area contributed by atoms with Crippen molar-refractivity contribution in [2.45, 2.75) is 49.9 Å². The lowest BCUT2D eigenvalue weighted by atomic mass is 9.83. The van der Waals surface area contributed by atoms with Crippen molar-refractivity contribution in [1.82, 2.24) is 5.32 Å². The molecule has 2 fully saturated rings. The summed E-state index contributed by atoms with van der Waals surface area (Å²) in [7, 11) is 3.66. The molecule has 114 valence electrons. The summed E-state index contributed by atoms with van der Waals surface area (Å²) < 4.78 is 11.7. The summed E-state index contributed by atoms with van der Waals surface area (Å²) in [4.78, 5) is 0. The molecule has 4 rings (SSSR count). The Kier molecular flexibility index (Phi) is 3.33. The first-order valence-corrected chi connectivity index (χ1v) is 8.32. The Balaban J connectivity index is 1.86. The van der Waals surface area contributed by atoms with Crippen molar-refractivity contribution in [3.8, 4) is 11.5 Å². The Morgan fingerprint density at radius 2 is 1.81 bits per heavy atom. The lowest BCUT2D eigenvalue weighted by Gasteiger charge is -2.29. The van der Waals surface area contributed by atoms with Crippen molar-refractivity contribution < 1.29 is 9.47 Å². The van der Waals surface area contributed by atoms with Gasteiger partial charge in [-0.05, 0) is 56.6 Å². The van der Waals surface area contributed by atoms with E-state index < -0.39 is 0 Å². The molecule has 0 amide bonds. The molecule has 3 nitrogen and oxygen atoms in total. The zero-order valence-electron chi connectivity index (χ0n) is 13.1. The van der Waals surface area contributed by atoms with Crippen molar-refractivity contribution in [3.05, 3.63) is 22.8 Å². The van der Waals surface area contributed by atoms with Crippen LogP contribution in [0, 0.1) is 0 Å². The molecule has 21 heavy (non-hydrogen) atoms. The van der Waals surface area contributed by atoms with E-state index in [9.17, 15) is 0 Å². The van der Waals surface area contributed by atoms with E-state index in [4.69, 9.17) is 9.47 Å². The van der Waals surface area contributed by atoms with Crippen molar-refractivity contribution in [1.29, 1.82) is 0 Å². The molecule has 3 atom stereocenters. The number of hydrogen-bond acceptors (Lipinski definition) is 3. The van der Waals surface area contributed by atoms with E-state index in [0.717, 1.165) is 18.8 Å². The van der Waals surface area contributed by atoms with Crippen LogP contribution < -0.4 is 14.8 Å². The highest BCUT2D eigenvalue weighted by Crippen LogP contribution is 2.60. The topological polar surface area (TPSA) is 30.5 Å². The number of methoxy groups -OCH3 is 2. The van der Waals surface area contributed by atoms with Crippen molar-refractivity contribution >= 4 is 0 Å². The third kappa shape index (κ3) is 1.97. The van der Waals surface area contributed by atoms with Gasteiger partial charge in [-0.3, -0.25) is 0 Å². The maximum Gasteiger partial charge on any atom is 0.126 e. The van der Waals surface area contributed by atoms with Crippen LogP contribution in [0.5, 0.6) is 11.5 Å². The van der Waals surface area contributed by atoms with E-state index in [2.05, 4.69) is 11.4 Å². The summed E-state index contributed by atoms with van der Waals surface area (Å²) in [6, 6.07) is 2.27. The summed E-state index contributed by atoms with van der Waals surface area (Å²) in [5, 5.41) is 3.53. The van der Waals surface area contributed by atoms with E-state index in [-0.39, 0.29) is 0 Å². The third-order valence-electron chi connectivity index (χ3n) is 5.76. The Morgan fingerprint density at radius 1 is 1.00 bits per heavy atom. The lowest BCUT2D eigenvalue weighted by Crippen LogP contribution is -2.28. The SMILES string of the molecule is COc1cc(C2CCCNC2)c(OC)c2c1C1CCC2C1. The average molecular weight is 287 g/mol. The van der Waals surface area contributed by atoms with Crippen LogP contribution in [-0.4, -0.2) is 27.3 Å². The predicted molar refractivity (Wildman–Crippen MR) is 83.7 cm³/mol. The molecule has 1 aliphatic heterocycles. The summed E-state index contributed by atoms with van der Waals surface area (Å²) in [6.07, 6.45) is 6.44. The summed E-state index contributed by atoms with van der Waals surface area (Å²) >= 11 is 0. The number of nitrogens with one attached hydrogen (secondary N) is 1. The molecule has 0 spiro atoms. The van der Waals surface area contributed by atoms with Gasteiger partial charge in [0.1, 0.15) is 11.5 Å². The van der Waals surface area contributed by atoms with Crippen LogP contribution in [-0.2, 0) is 0 Å². The molecular formula is C18H25NO2. The van der Waals surface area contributed by atoms with E-state index in [1.54, 1.807) is 0 Å². The number of ether oxygens (including phenoxy) is 2. The molecule has 1 aromatic rings. The fourth-order valence-corrected chi connectivity index (χ4v) is 4.84. The molecular weight excluding hydrogens is 262 g/mol. The molecule has 1 saturated heterocycles. The fourth-order valence-electron chi connectivity index (χ4n) is 4.84. The zero-order chi connectivity index (χ0) is 14.4. The number of rotatable bonds is 3. The van der Waals surface area contributed by atoms with Crippen LogP contribution >= 0.6 is 0 Å². The van der Waals surface area contributed by atoms with Crippen LogP contribution in [0.3, 0.4) is 0 Å². The van der Waals surface area contributed by atoms with Gasteiger partial charge >= 0.3 is 0 Å². The smallest absolute Gasteiger partial charge is 0.126 e. The van der Waals surface area contributed by atoms with Gasteiger partial charge in [0.05, 0.1) is 14.2 Å². The molecule has 1 heterocycles. The molecule has 1 N–H and O–H groups in total. The Hall–Kier alpha value is -1.22. The van der Waals surface area contributed by atoms with Crippen LogP contribution in [0.25, 0.3) is 0 Å². The number of hydrogen-bond donors (Lipinski definition) is 1. The molecule has 0 radical (unpaired) electrons. The highest BCUT2D eigenvalue weighted by molar-refractivity contribution is 5.61. The predicted octanol–water partition coefficient (Wildman–Crippen LogP) is 3.54. The van der Waals surface area contributed by atoms with Crippen LogP contribution in [0.1, 0.15) is 66.5 Å². The summed E-state index contributed by atoms with van der Waals surface area (Å²) in [6.45, 7) is 2.21. The van der Waals surface area contributed by atoms with Crippen LogP contribution in [0.4, 0.5) is 0 Å². The lowest BCUT2D eigenvalue weighted by molar-refractivity contribution is 0.374. The first kappa shape index (κ1) is 13.4. The largest absolute Gasteiger partial charge is 0.496 e. The second-order valence-electron chi connectivity index (χ2n) is 6.78. The van der Waals surface area contributed by atoms with Gasteiger partial charge in [-0.25, -0.2) is 0 Å². The van der Waals surface area contributed by atoms with Gasteiger partial charge in [0.2, 0.25) is 0 Å². The fraction of sp³-hybridized carbons (Fsp3) is 0.667. The molecule has 1 aromatic carbocycles. The molecule has 1 saturated carbocycles. The van der Waals surface area contributed by atoms with Crippen LogP contribution in [0.2, 0.25) is 0 Å². The van der Waals surface area contributed by atoms with Gasteiger partial charge < -0.3 is 14.8 Å². The zero-order valence-corrected chi connectivity index (χ0v) is 13.1. The second-order valence-corrected chi connectivity index (χ2v) is 6.78. The normalized spacial score (nSPS) is 30.3. The van der Waals surface area contributed by atoms with Gasteiger partial charge in [0, 0.05) is 29.2 Å². The van der Waals surface area contributed by atoms with Gasteiger partial charge in [-0.2, -0.15) is 0 Å². The first-order valence-electron chi connectivity index (χ1n) is 8.32. The van der Waals surface area contributed by atoms with Gasteiger partial charge in [0.25, 0.3) is 0 Å². The third-order valence-corrected chi connectivity index (χ3v) is 5.76. The van der Waals surface area contributed by atoms with E-state index >= 15 is 0 Å². The van der Waals surface area contributed by atoms with Gasteiger partial charge in [-0.1, -0.05) is 0 Å². The minimum atomic E-state index is 0.562. The van der Waals surface area contributed by atoms with Crippen molar-refractivity contribution in [2.75, 3.05) is 27.3 Å². The minimum Gasteiger partial charge on any atom is -0.496 e. The van der Waals surface area contributed by atoms with Crippen LogP contribution in [0.15, 0.2) is 6.07 Å². The standard InChI is InChI=1S/C18H25NO2/c1-20-15-9-14(13-4-3-7-19-10-13)18(21-2)17-12-6-5-11(8-12)16(15)17/h9,11-13,19H,3-8,10H2,1-2H3. The average Bonchev–Trinajstić information content (AvgIpc) is 3.16. The number of benzene rings is 1. The maximum absolute atomic E-state index is 5.91. The Bertz CT molecular complexity index is 549. The van der Waals surface area contributed by atoms with Crippen molar-refractivity contribution in [2.24, 2.45) is 0 Å².